The van der Waals surface area contributed by atoms with Crippen molar-refractivity contribution < 1.29 is 0 Å². The van der Waals surface area contributed by atoms with Crippen LogP contribution in [0.4, 0.5) is 5.95 Å². The number of alkyl halides is 1. The molecule has 76 valence electrons. The summed E-state index contributed by atoms with van der Waals surface area (Å²) in [5.41, 5.74) is 0. The highest BCUT2D eigenvalue weighted by Gasteiger charge is 2.23. The molecule has 0 N–H and O–H groups in total. The maximum atomic E-state index is 5.93. The van der Waals surface area contributed by atoms with Crippen LogP contribution in [-0.4, -0.2) is 28.4 Å². The number of nitrogens with zero attached hydrogens (tertiary/aromatic N) is 3. The fourth-order valence-electron chi connectivity index (χ4n) is 1.86. The van der Waals surface area contributed by atoms with Gasteiger partial charge in [-0.05, 0) is 25.3 Å². The topological polar surface area (TPSA) is 29.0 Å². The molecule has 0 saturated carbocycles. The van der Waals surface area contributed by atoms with Crippen LogP contribution in [0.25, 0.3) is 0 Å². The Balaban J connectivity index is 2.15. The molecule has 1 fully saturated rings. The Morgan fingerprint density at radius 2 is 2.14 bits per heavy atom. The molecule has 1 atom stereocenters. The summed E-state index contributed by atoms with van der Waals surface area (Å²) < 4.78 is 0. The Labute approximate surface area is 89.1 Å². The highest BCUT2D eigenvalue weighted by molar-refractivity contribution is 6.18. The Morgan fingerprint density at radius 1 is 1.36 bits per heavy atom. The van der Waals surface area contributed by atoms with Crippen molar-refractivity contribution in [2.75, 3.05) is 17.3 Å². The number of halogens is 1. The van der Waals surface area contributed by atoms with Gasteiger partial charge in [-0.25, -0.2) is 9.97 Å². The fourth-order valence-corrected chi connectivity index (χ4v) is 2.18. The van der Waals surface area contributed by atoms with Crippen molar-refractivity contribution in [1.82, 2.24) is 9.97 Å². The van der Waals surface area contributed by atoms with Gasteiger partial charge in [0, 0.05) is 30.9 Å². The van der Waals surface area contributed by atoms with E-state index in [1.165, 1.54) is 12.8 Å². The second-order valence-corrected chi connectivity index (χ2v) is 3.85. The Hall–Kier alpha value is -0.830. The maximum absolute atomic E-state index is 5.93. The third kappa shape index (κ3) is 1.98. The molecule has 1 aromatic heterocycles. The molecule has 1 aliphatic rings. The van der Waals surface area contributed by atoms with E-state index in [2.05, 4.69) is 14.9 Å². The first kappa shape index (κ1) is 9.71. The Bertz CT molecular complexity index is 278. The highest BCUT2D eigenvalue weighted by Crippen LogP contribution is 2.21. The standard InChI is InChI=1S/C10H14ClN3/c11-8-9-4-1-2-7-14(9)10-12-5-3-6-13-10/h3,5-6,9H,1-2,4,7-8H2. The summed E-state index contributed by atoms with van der Waals surface area (Å²) in [5.74, 6) is 1.48. The van der Waals surface area contributed by atoms with Gasteiger partial charge in [-0.3, -0.25) is 0 Å². The first-order valence-electron chi connectivity index (χ1n) is 5.01. The summed E-state index contributed by atoms with van der Waals surface area (Å²) in [7, 11) is 0. The van der Waals surface area contributed by atoms with Crippen LogP contribution in [0.5, 0.6) is 0 Å². The fraction of sp³-hybridized carbons (Fsp3) is 0.600. The van der Waals surface area contributed by atoms with Gasteiger partial charge in [0.1, 0.15) is 0 Å². The summed E-state index contributed by atoms with van der Waals surface area (Å²) >= 11 is 5.93. The second-order valence-electron chi connectivity index (χ2n) is 3.55. The Kier molecular flexibility index (Phi) is 3.19. The van der Waals surface area contributed by atoms with Gasteiger partial charge in [-0.1, -0.05) is 0 Å². The molecule has 3 nitrogen and oxygen atoms in total. The normalized spacial score (nSPS) is 22.4. The van der Waals surface area contributed by atoms with E-state index in [0.717, 1.165) is 18.9 Å². The molecule has 2 heterocycles. The molecule has 1 aliphatic heterocycles. The SMILES string of the molecule is ClCC1CCCCN1c1ncccn1. The summed E-state index contributed by atoms with van der Waals surface area (Å²) in [6.45, 7) is 1.03. The first-order valence-corrected chi connectivity index (χ1v) is 5.55. The van der Waals surface area contributed by atoms with Crippen LogP contribution < -0.4 is 4.90 Å². The predicted molar refractivity (Wildman–Crippen MR) is 57.7 cm³/mol. The molecule has 4 heteroatoms. The van der Waals surface area contributed by atoms with Gasteiger partial charge in [-0.15, -0.1) is 11.6 Å². The van der Waals surface area contributed by atoms with Crippen LogP contribution in [0.3, 0.4) is 0 Å². The lowest BCUT2D eigenvalue weighted by molar-refractivity contribution is 0.480. The van der Waals surface area contributed by atoms with E-state index in [1.807, 2.05) is 6.07 Å². The highest BCUT2D eigenvalue weighted by atomic mass is 35.5. The van der Waals surface area contributed by atoms with Crippen LogP contribution in [0.2, 0.25) is 0 Å². The third-order valence-electron chi connectivity index (χ3n) is 2.61. The molecule has 14 heavy (non-hydrogen) atoms. The minimum absolute atomic E-state index is 0.410. The number of aromatic nitrogens is 2. The largest absolute Gasteiger partial charge is 0.337 e. The van der Waals surface area contributed by atoms with E-state index in [0.29, 0.717) is 11.9 Å². The molecule has 1 aromatic rings. The molecule has 2 rings (SSSR count). The summed E-state index contributed by atoms with van der Waals surface area (Å²) in [5, 5.41) is 0. The minimum atomic E-state index is 0.410. The molecular formula is C10H14ClN3. The monoisotopic (exact) mass is 211 g/mol. The van der Waals surface area contributed by atoms with Crippen LogP contribution in [0, 0.1) is 0 Å². The third-order valence-corrected chi connectivity index (χ3v) is 2.97. The zero-order chi connectivity index (χ0) is 9.80. The average molecular weight is 212 g/mol. The number of anilines is 1. The minimum Gasteiger partial charge on any atom is -0.337 e. The van der Waals surface area contributed by atoms with Gasteiger partial charge in [-0.2, -0.15) is 0 Å². The quantitative estimate of drug-likeness (QED) is 0.702. The van der Waals surface area contributed by atoms with Crippen molar-refractivity contribution in [2.24, 2.45) is 0 Å². The molecule has 0 radical (unpaired) electrons. The van der Waals surface area contributed by atoms with Gasteiger partial charge < -0.3 is 4.90 Å². The van der Waals surface area contributed by atoms with Crippen molar-refractivity contribution in [1.29, 1.82) is 0 Å². The van der Waals surface area contributed by atoms with Crippen molar-refractivity contribution in [2.45, 2.75) is 25.3 Å². The summed E-state index contributed by atoms with van der Waals surface area (Å²) in [4.78, 5) is 10.7. The van der Waals surface area contributed by atoms with Gasteiger partial charge in [0.25, 0.3) is 0 Å². The smallest absolute Gasteiger partial charge is 0.225 e. The Morgan fingerprint density at radius 3 is 2.86 bits per heavy atom. The predicted octanol–water partition coefficient (Wildman–Crippen LogP) is 2.07. The molecule has 0 spiro atoms. The van der Waals surface area contributed by atoms with Crippen LogP contribution >= 0.6 is 11.6 Å². The van der Waals surface area contributed by atoms with Gasteiger partial charge in [0.2, 0.25) is 5.95 Å². The van der Waals surface area contributed by atoms with Crippen molar-refractivity contribution in [3.63, 3.8) is 0 Å². The van der Waals surface area contributed by atoms with E-state index in [9.17, 15) is 0 Å². The first-order chi connectivity index (χ1) is 6.92. The lowest BCUT2D eigenvalue weighted by atomic mass is 10.0. The molecule has 1 unspecified atom stereocenters. The van der Waals surface area contributed by atoms with Crippen molar-refractivity contribution >= 4 is 17.5 Å². The summed E-state index contributed by atoms with van der Waals surface area (Å²) in [6, 6.07) is 2.25. The number of rotatable bonds is 2. The van der Waals surface area contributed by atoms with Gasteiger partial charge >= 0.3 is 0 Å². The molecule has 0 aliphatic carbocycles. The van der Waals surface area contributed by atoms with E-state index in [4.69, 9.17) is 11.6 Å². The van der Waals surface area contributed by atoms with E-state index < -0.39 is 0 Å². The lowest BCUT2D eigenvalue weighted by Gasteiger charge is -2.34. The molecule has 1 saturated heterocycles. The molecule has 0 amide bonds. The number of hydrogen-bond acceptors (Lipinski definition) is 3. The summed E-state index contributed by atoms with van der Waals surface area (Å²) in [6.07, 6.45) is 7.19. The van der Waals surface area contributed by atoms with Crippen LogP contribution in [-0.2, 0) is 0 Å². The number of piperidine rings is 1. The molecule has 0 aromatic carbocycles. The van der Waals surface area contributed by atoms with Crippen molar-refractivity contribution in [3.8, 4) is 0 Å². The van der Waals surface area contributed by atoms with E-state index in [-0.39, 0.29) is 0 Å². The van der Waals surface area contributed by atoms with E-state index in [1.54, 1.807) is 12.4 Å². The average Bonchev–Trinajstić information content (AvgIpc) is 2.30. The van der Waals surface area contributed by atoms with Crippen molar-refractivity contribution in [3.05, 3.63) is 18.5 Å². The second kappa shape index (κ2) is 4.60. The zero-order valence-corrected chi connectivity index (χ0v) is 8.82. The van der Waals surface area contributed by atoms with E-state index >= 15 is 0 Å². The van der Waals surface area contributed by atoms with Gasteiger partial charge in [0.15, 0.2) is 0 Å². The molecular weight excluding hydrogens is 198 g/mol. The lowest BCUT2D eigenvalue weighted by Crippen LogP contribution is -2.41. The zero-order valence-electron chi connectivity index (χ0n) is 8.06. The van der Waals surface area contributed by atoms with Crippen LogP contribution in [0.15, 0.2) is 18.5 Å². The molecule has 0 bridgehead atoms. The van der Waals surface area contributed by atoms with Gasteiger partial charge in [0.05, 0.1) is 0 Å². The maximum Gasteiger partial charge on any atom is 0.225 e. The number of hydrogen-bond donors (Lipinski definition) is 0. The van der Waals surface area contributed by atoms with Crippen LogP contribution in [0.1, 0.15) is 19.3 Å².